The van der Waals surface area contributed by atoms with Gasteiger partial charge < -0.3 is 15.1 Å². The lowest BCUT2D eigenvalue weighted by molar-refractivity contribution is -0.125. The van der Waals surface area contributed by atoms with Crippen LogP contribution in [-0.2, 0) is 11.2 Å². The van der Waals surface area contributed by atoms with Crippen molar-refractivity contribution in [3.05, 3.63) is 71.4 Å². The van der Waals surface area contributed by atoms with E-state index in [1.165, 1.54) is 23.5 Å². The number of rotatable bonds is 8. The van der Waals surface area contributed by atoms with Crippen molar-refractivity contribution in [2.75, 3.05) is 29.9 Å². The van der Waals surface area contributed by atoms with Crippen LogP contribution < -0.4 is 15.1 Å². The van der Waals surface area contributed by atoms with Crippen molar-refractivity contribution in [2.24, 2.45) is 5.41 Å². The van der Waals surface area contributed by atoms with E-state index in [0.717, 1.165) is 28.3 Å². The molecule has 5 aromatic rings. The number of carbonyl (C=O) groups is 1. The Bertz CT molecular complexity index is 2010. The number of nitrogens with zero attached hydrogens (tertiary/aromatic N) is 9. The largest absolute Gasteiger partial charge is 0.348 e. The van der Waals surface area contributed by atoms with E-state index in [-0.39, 0.29) is 17.8 Å². The fourth-order valence-corrected chi connectivity index (χ4v) is 6.32. The predicted molar refractivity (Wildman–Crippen MR) is 167 cm³/mol. The number of imidazole rings is 1. The molecule has 0 unspecified atom stereocenters. The quantitative estimate of drug-likeness (QED) is 0.258. The number of halogens is 1. The van der Waals surface area contributed by atoms with Crippen LogP contribution in [0.25, 0.3) is 28.0 Å². The number of benzene rings is 1. The molecule has 45 heavy (non-hydrogen) atoms. The molecule has 0 spiro atoms. The van der Waals surface area contributed by atoms with Gasteiger partial charge in [0, 0.05) is 55.4 Å². The second kappa shape index (κ2) is 10.9. The molecule has 13 heteroatoms. The third kappa shape index (κ3) is 5.01. The van der Waals surface area contributed by atoms with Crippen LogP contribution in [0.2, 0.25) is 0 Å². The highest BCUT2D eigenvalue weighted by Crippen LogP contribution is 2.45. The summed E-state index contributed by atoms with van der Waals surface area (Å²) < 4.78 is 15.5. The Morgan fingerprint density at radius 3 is 2.44 bits per heavy atom. The Morgan fingerprint density at radius 2 is 1.80 bits per heavy atom. The SMILES string of the molecule is CCc1nc2ccc(-c3cnc(N4CC(NC(=O)C5(C#N)CC5)C4)nc3)cn2c1N(C)c1nc(-c2ccc(F)cc2)c(C#N)s1. The molecule has 1 saturated carbocycles. The first kappa shape index (κ1) is 28.4. The number of aromatic nitrogens is 5. The van der Waals surface area contributed by atoms with Crippen LogP contribution in [-0.4, -0.2) is 56.4 Å². The molecule has 0 bridgehead atoms. The summed E-state index contributed by atoms with van der Waals surface area (Å²) in [5.74, 6) is 0.884. The number of carbonyl (C=O) groups excluding carboxylic acids is 1. The highest BCUT2D eigenvalue weighted by atomic mass is 32.1. The van der Waals surface area contributed by atoms with Gasteiger partial charge in [-0.25, -0.2) is 24.3 Å². The number of fused-ring (bicyclic) bond motifs is 1. The van der Waals surface area contributed by atoms with Crippen LogP contribution >= 0.6 is 11.3 Å². The first-order valence-corrected chi connectivity index (χ1v) is 15.4. The summed E-state index contributed by atoms with van der Waals surface area (Å²) in [4.78, 5) is 35.5. The molecule has 1 N–H and O–H groups in total. The second-order valence-electron chi connectivity index (χ2n) is 11.3. The molecule has 0 radical (unpaired) electrons. The summed E-state index contributed by atoms with van der Waals surface area (Å²) in [5.41, 5.74) is 3.73. The van der Waals surface area contributed by atoms with Gasteiger partial charge in [0.05, 0.1) is 17.8 Å². The van der Waals surface area contributed by atoms with Crippen LogP contribution in [0.5, 0.6) is 0 Å². The van der Waals surface area contributed by atoms with E-state index in [0.29, 0.717) is 59.6 Å². The number of hydrogen-bond donors (Lipinski definition) is 1. The molecule has 5 heterocycles. The van der Waals surface area contributed by atoms with E-state index in [1.807, 2.05) is 46.5 Å². The second-order valence-corrected chi connectivity index (χ2v) is 12.3. The van der Waals surface area contributed by atoms with Crippen LogP contribution in [0.1, 0.15) is 30.3 Å². The maximum atomic E-state index is 13.5. The number of hydrogen-bond acceptors (Lipinski definition) is 10. The Hall–Kier alpha value is -5.40. The number of nitrogens with one attached hydrogen (secondary N) is 1. The zero-order valence-corrected chi connectivity index (χ0v) is 25.3. The van der Waals surface area contributed by atoms with Crippen molar-refractivity contribution in [2.45, 2.75) is 32.2 Å². The smallest absolute Gasteiger partial charge is 0.240 e. The van der Waals surface area contributed by atoms with Gasteiger partial charge >= 0.3 is 0 Å². The molecule has 224 valence electrons. The summed E-state index contributed by atoms with van der Waals surface area (Å²) in [6.45, 7) is 3.23. The van der Waals surface area contributed by atoms with E-state index >= 15 is 0 Å². The fraction of sp³-hybridized carbons (Fsp3) is 0.281. The Morgan fingerprint density at radius 1 is 1.09 bits per heavy atom. The Labute approximate surface area is 262 Å². The first-order chi connectivity index (χ1) is 21.8. The maximum absolute atomic E-state index is 13.5. The van der Waals surface area contributed by atoms with Crippen molar-refractivity contribution < 1.29 is 9.18 Å². The number of aryl methyl sites for hydroxylation is 1. The molecule has 11 nitrogen and oxygen atoms in total. The third-order valence-electron chi connectivity index (χ3n) is 8.31. The lowest BCUT2D eigenvalue weighted by Gasteiger charge is -2.39. The average Bonchev–Trinajstić information content (AvgIpc) is 3.59. The molecule has 1 amide bonds. The van der Waals surface area contributed by atoms with E-state index in [4.69, 9.17) is 9.97 Å². The fourth-order valence-electron chi connectivity index (χ4n) is 5.47. The summed E-state index contributed by atoms with van der Waals surface area (Å²) in [7, 11) is 1.90. The molecule has 4 aromatic heterocycles. The van der Waals surface area contributed by atoms with Crippen LogP contribution in [0.4, 0.5) is 21.3 Å². The summed E-state index contributed by atoms with van der Waals surface area (Å²) >= 11 is 1.27. The van der Waals surface area contributed by atoms with Gasteiger partial charge in [-0.15, -0.1) is 0 Å². The molecule has 0 atom stereocenters. The van der Waals surface area contributed by atoms with Gasteiger partial charge in [-0.1, -0.05) is 18.3 Å². The van der Waals surface area contributed by atoms with Crippen molar-refractivity contribution in [3.8, 4) is 34.5 Å². The Kier molecular flexibility index (Phi) is 6.90. The number of pyridine rings is 1. The van der Waals surface area contributed by atoms with Gasteiger partial charge in [0.2, 0.25) is 11.9 Å². The number of nitriles is 2. The maximum Gasteiger partial charge on any atom is 0.240 e. The van der Waals surface area contributed by atoms with Gasteiger partial charge in [-0.05, 0) is 55.7 Å². The molecule has 7 rings (SSSR count). The van der Waals surface area contributed by atoms with E-state index < -0.39 is 5.41 Å². The summed E-state index contributed by atoms with van der Waals surface area (Å²) in [5, 5.41) is 22.7. The molecular weight excluding hydrogens is 591 g/mol. The van der Waals surface area contributed by atoms with Gasteiger partial charge in [0.1, 0.15) is 39.3 Å². The molecule has 2 fully saturated rings. The van der Waals surface area contributed by atoms with Gasteiger partial charge in [-0.2, -0.15) is 10.5 Å². The van der Waals surface area contributed by atoms with Gasteiger partial charge in [0.15, 0.2) is 5.13 Å². The highest BCUT2D eigenvalue weighted by molar-refractivity contribution is 7.16. The van der Waals surface area contributed by atoms with Crippen LogP contribution in [0, 0.1) is 33.9 Å². The van der Waals surface area contributed by atoms with Crippen molar-refractivity contribution in [1.82, 2.24) is 29.7 Å². The summed E-state index contributed by atoms with van der Waals surface area (Å²) in [6.07, 6.45) is 7.49. The monoisotopic (exact) mass is 618 g/mol. The van der Waals surface area contributed by atoms with Gasteiger partial charge in [-0.3, -0.25) is 9.20 Å². The standard InChI is InChI=1S/C32H27FN10OS/c1-3-24-28(41(2)31-40-27(25(12-34)45-31)19-4-7-22(33)8-5-19)43-15-20(6-9-26(43)39-24)21-13-36-30(37-14-21)42-16-23(17-42)38-29(44)32(18-35)10-11-32/h4-9,13-15,23H,3,10-11,16-17H2,1-2H3,(H,38,44). The minimum atomic E-state index is -0.825. The third-order valence-corrected chi connectivity index (χ3v) is 9.34. The lowest BCUT2D eigenvalue weighted by Crippen LogP contribution is -2.60. The van der Waals surface area contributed by atoms with Gasteiger partial charge in [0.25, 0.3) is 0 Å². The minimum absolute atomic E-state index is 0.0211. The number of anilines is 3. The molecular formula is C32H27FN10OS. The number of amides is 1. The van der Waals surface area contributed by atoms with Crippen molar-refractivity contribution in [1.29, 1.82) is 10.5 Å². The summed E-state index contributed by atoms with van der Waals surface area (Å²) in [6, 6.07) is 14.2. The molecule has 1 aliphatic heterocycles. The molecule has 1 aliphatic carbocycles. The van der Waals surface area contributed by atoms with Crippen molar-refractivity contribution >= 4 is 39.8 Å². The molecule has 1 aromatic carbocycles. The first-order valence-electron chi connectivity index (χ1n) is 14.5. The van der Waals surface area contributed by atoms with Crippen molar-refractivity contribution in [3.63, 3.8) is 0 Å². The normalized spacial score (nSPS) is 15.3. The zero-order valence-electron chi connectivity index (χ0n) is 24.5. The van der Waals surface area contributed by atoms with Crippen LogP contribution in [0.15, 0.2) is 55.0 Å². The molecule has 2 aliphatic rings. The minimum Gasteiger partial charge on any atom is -0.348 e. The Balaban J connectivity index is 1.12. The van der Waals surface area contributed by atoms with E-state index in [1.54, 1.807) is 24.5 Å². The lowest BCUT2D eigenvalue weighted by atomic mass is 10.1. The predicted octanol–water partition coefficient (Wildman–Crippen LogP) is 4.86. The average molecular weight is 619 g/mol. The molecule has 1 saturated heterocycles. The topological polar surface area (TPSA) is 139 Å². The van der Waals surface area contributed by atoms with Crippen LogP contribution in [0.3, 0.4) is 0 Å². The number of thiazole rings is 1. The highest BCUT2D eigenvalue weighted by Gasteiger charge is 2.51. The van der Waals surface area contributed by atoms with E-state index in [2.05, 4.69) is 27.4 Å². The zero-order chi connectivity index (χ0) is 31.3. The van der Waals surface area contributed by atoms with E-state index in [9.17, 15) is 19.7 Å².